The van der Waals surface area contributed by atoms with E-state index in [1.165, 1.54) is 12.4 Å². The van der Waals surface area contributed by atoms with Crippen LogP contribution in [0.25, 0.3) is 0 Å². The van der Waals surface area contributed by atoms with Crippen molar-refractivity contribution in [2.24, 2.45) is 5.92 Å². The van der Waals surface area contributed by atoms with Crippen LogP contribution in [-0.2, 0) is 10.0 Å². The monoisotopic (exact) mass is 312 g/mol. The van der Waals surface area contributed by atoms with E-state index in [9.17, 15) is 8.42 Å². The summed E-state index contributed by atoms with van der Waals surface area (Å²) in [7, 11) is -3.54. The van der Waals surface area contributed by atoms with Gasteiger partial charge < -0.3 is 5.73 Å². The lowest BCUT2D eigenvalue weighted by Gasteiger charge is -2.28. The topological polar surface area (TPSA) is 89.2 Å². The Kier molecular flexibility index (Phi) is 5.16. The van der Waals surface area contributed by atoms with Gasteiger partial charge in [-0.25, -0.2) is 18.4 Å². The Morgan fingerprint density at radius 3 is 2.38 bits per heavy atom. The summed E-state index contributed by atoms with van der Waals surface area (Å²) < 4.78 is 27.3. The van der Waals surface area contributed by atoms with Gasteiger partial charge >= 0.3 is 0 Å². The molecule has 1 aromatic heterocycles. The smallest absolute Gasteiger partial charge is 0.246 e. The maximum Gasteiger partial charge on any atom is 0.246 e. The molecule has 0 unspecified atom stereocenters. The molecule has 2 N–H and O–H groups in total. The van der Waals surface area contributed by atoms with Crippen LogP contribution in [0.2, 0.25) is 0 Å². The molecule has 7 heteroatoms. The Balaban J connectivity index is 2.26. The number of aromatic nitrogens is 2. The van der Waals surface area contributed by atoms with E-state index in [2.05, 4.69) is 23.8 Å². The summed E-state index contributed by atoms with van der Waals surface area (Å²) in [4.78, 5) is 7.75. The van der Waals surface area contributed by atoms with E-state index >= 15 is 0 Å². The Bertz CT molecular complexity index is 551. The molecule has 0 aliphatic heterocycles. The fourth-order valence-electron chi connectivity index (χ4n) is 2.67. The first-order chi connectivity index (χ1) is 9.91. The Hall–Kier alpha value is -1.21. The Morgan fingerprint density at radius 1 is 1.29 bits per heavy atom. The molecule has 2 rings (SSSR count). The van der Waals surface area contributed by atoms with Gasteiger partial charge in [0.1, 0.15) is 4.90 Å². The highest BCUT2D eigenvalue weighted by Crippen LogP contribution is 2.29. The molecule has 118 valence electrons. The van der Waals surface area contributed by atoms with E-state index in [4.69, 9.17) is 5.73 Å². The van der Waals surface area contributed by atoms with Gasteiger partial charge in [-0.15, -0.1) is 0 Å². The van der Waals surface area contributed by atoms with Crippen molar-refractivity contribution >= 4 is 16.0 Å². The van der Waals surface area contributed by atoms with E-state index in [-0.39, 0.29) is 16.9 Å². The predicted octanol–water partition coefficient (Wildman–Crippen LogP) is 2.04. The van der Waals surface area contributed by atoms with Gasteiger partial charge in [-0.2, -0.15) is 4.31 Å². The minimum Gasteiger partial charge on any atom is -0.368 e. The van der Waals surface area contributed by atoms with Gasteiger partial charge in [0.25, 0.3) is 0 Å². The third-order valence-electron chi connectivity index (χ3n) is 3.91. The lowest BCUT2D eigenvalue weighted by molar-refractivity contribution is 0.304. The molecular formula is C14H24N4O2S. The van der Waals surface area contributed by atoms with Crippen molar-refractivity contribution < 1.29 is 8.42 Å². The molecule has 6 nitrogen and oxygen atoms in total. The van der Waals surface area contributed by atoms with Crippen LogP contribution in [0.3, 0.4) is 0 Å². The summed E-state index contributed by atoms with van der Waals surface area (Å²) in [5.41, 5.74) is 5.44. The fraction of sp³-hybridized carbons (Fsp3) is 0.714. The number of rotatable bonds is 6. The highest BCUT2D eigenvalue weighted by molar-refractivity contribution is 7.89. The van der Waals surface area contributed by atoms with Crippen molar-refractivity contribution in [2.75, 3.05) is 12.3 Å². The van der Waals surface area contributed by atoms with Gasteiger partial charge in [-0.05, 0) is 25.2 Å². The summed E-state index contributed by atoms with van der Waals surface area (Å²) >= 11 is 0. The number of nitrogens with zero attached hydrogens (tertiary/aromatic N) is 3. The minimum atomic E-state index is -3.54. The molecule has 21 heavy (non-hydrogen) atoms. The van der Waals surface area contributed by atoms with Crippen LogP contribution >= 0.6 is 0 Å². The second kappa shape index (κ2) is 6.70. The predicted molar refractivity (Wildman–Crippen MR) is 82.0 cm³/mol. The third kappa shape index (κ3) is 3.91. The molecule has 1 heterocycles. The van der Waals surface area contributed by atoms with Gasteiger partial charge in [0.15, 0.2) is 0 Å². The molecule has 0 radical (unpaired) electrons. The standard InChI is InChI=1S/C14H24N4O2S/c1-11(2)7-8-18(12-5-3-4-6-12)21(19,20)13-9-16-14(15)17-10-13/h9-12H,3-8H2,1-2H3,(H2,15,16,17). The average Bonchev–Trinajstić information content (AvgIpc) is 2.92. The second-order valence-corrected chi connectivity index (χ2v) is 7.90. The maximum absolute atomic E-state index is 12.8. The number of hydrogen-bond acceptors (Lipinski definition) is 5. The molecule has 0 atom stereocenters. The second-order valence-electron chi connectivity index (χ2n) is 6.01. The normalized spacial score (nSPS) is 17.0. The highest BCUT2D eigenvalue weighted by Gasteiger charge is 2.33. The summed E-state index contributed by atoms with van der Waals surface area (Å²) in [5.74, 6) is 0.551. The highest BCUT2D eigenvalue weighted by atomic mass is 32.2. The summed E-state index contributed by atoms with van der Waals surface area (Å²) in [5, 5.41) is 0. The zero-order chi connectivity index (χ0) is 15.5. The van der Waals surface area contributed by atoms with Gasteiger partial charge in [0.2, 0.25) is 16.0 Å². The fourth-order valence-corrected chi connectivity index (χ4v) is 4.26. The van der Waals surface area contributed by atoms with Gasteiger partial charge in [-0.3, -0.25) is 0 Å². The lowest BCUT2D eigenvalue weighted by Crippen LogP contribution is -2.40. The molecule has 1 saturated carbocycles. The average molecular weight is 312 g/mol. The number of hydrogen-bond donors (Lipinski definition) is 1. The molecule has 0 aromatic carbocycles. The SMILES string of the molecule is CC(C)CCN(C1CCCC1)S(=O)(=O)c1cnc(N)nc1. The van der Waals surface area contributed by atoms with E-state index < -0.39 is 10.0 Å². The van der Waals surface area contributed by atoms with Crippen molar-refractivity contribution in [3.05, 3.63) is 12.4 Å². The lowest BCUT2D eigenvalue weighted by atomic mass is 10.1. The van der Waals surface area contributed by atoms with Crippen molar-refractivity contribution in [3.8, 4) is 0 Å². The molecule has 0 bridgehead atoms. The van der Waals surface area contributed by atoms with Crippen LogP contribution < -0.4 is 5.73 Å². The van der Waals surface area contributed by atoms with Gasteiger partial charge in [0.05, 0.1) is 12.4 Å². The largest absolute Gasteiger partial charge is 0.368 e. The number of sulfonamides is 1. The molecule has 0 saturated heterocycles. The Labute approximate surface area is 126 Å². The zero-order valence-electron chi connectivity index (χ0n) is 12.7. The van der Waals surface area contributed by atoms with Crippen LogP contribution in [-0.4, -0.2) is 35.3 Å². The molecule has 0 spiro atoms. The molecule has 1 aromatic rings. The molecule has 1 aliphatic carbocycles. The molecule has 0 amide bonds. The van der Waals surface area contributed by atoms with E-state index in [0.717, 1.165) is 32.1 Å². The van der Waals surface area contributed by atoms with Crippen LogP contribution in [0.15, 0.2) is 17.3 Å². The van der Waals surface area contributed by atoms with Crippen LogP contribution in [0.1, 0.15) is 46.0 Å². The summed E-state index contributed by atoms with van der Waals surface area (Å²) in [6, 6.07) is 0.103. The van der Waals surface area contributed by atoms with E-state index in [1.54, 1.807) is 4.31 Å². The molecule has 1 aliphatic rings. The van der Waals surface area contributed by atoms with Crippen LogP contribution in [0.5, 0.6) is 0 Å². The van der Waals surface area contributed by atoms with Gasteiger partial charge in [-0.1, -0.05) is 26.7 Å². The summed E-state index contributed by atoms with van der Waals surface area (Å²) in [6.45, 7) is 4.76. The first-order valence-electron chi connectivity index (χ1n) is 7.50. The maximum atomic E-state index is 12.8. The Morgan fingerprint density at radius 2 is 1.86 bits per heavy atom. The first kappa shape index (κ1) is 16.2. The zero-order valence-corrected chi connectivity index (χ0v) is 13.5. The van der Waals surface area contributed by atoms with E-state index in [0.29, 0.717) is 12.5 Å². The molecule has 1 fully saturated rings. The van der Waals surface area contributed by atoms with Crippen molar-refractivity contribution in [2.45, 2.75) is 56.9 Å². The minimum absolute atomic E-state index is 0.0866. The van der Waals surface area contributed by atoms with Crippen LogP contribution in [0, 0.1) is 5.92 Å². The van der Waals surface area contributed by atoms with Crippen molar-refractivity contribution in [3.63, 3.8) is 0 Å². The van der Waals surface area contributed by atoms with Gasteiger partial charge in [0, 0.05) is 12.6 Å². The summed E-state index contributed by atoms with van der Waals surface area (Å²) in [6.07, 6.45) is 7.52. The number of anilines is 1. The van der Waals surface area contributed by atoms with Crippen LogP contribution in [0.4, 0.5) is 5.95 Å². The molecular weight excluding hydrogens is 288 g/mol. The number of nitrogens with two attached hydrogens (primary N) is 1. The quantitative estimate of drug-likeness (QED) is 0.868. The third-order valence-corrected chi connectivity index (χ3v) is 5.82. The van der Waals surface area contributed by atoms with Crippen molar-refractivity contribution in [1.82, 2.24) is 14.3 Å². The van der Waals surface area contributed by atoms with Crippen molar-refractivity contribution in [1.29, 1.82) is 0 Å². The van der Waals surface area contributed by atoms with E-state index in [1.807, 2.05) is 0 Å². The number of nitrogen functional groups attached to an aromatic ring is 1. The first-order valence-corrected chi connectivity index (χ1v) is 8.94.